The van der Waals surface area contributed by atoms with Crippen molar-refractivity contribution < 1.29 is 19.1 Å². The molecule has 178 valence electrons. The van der Waals surface area contributed by atoms with Crippen LogP contribution in [0.15, 0.2) is 104 Å². The van der Waals surface area contributed by atoms with Crippen LogP contribution in [0, 0.1) is 0 Å². The fourth-order valence-corrected chi connectivity index (χ4v) is 9.01. The lowest BCUT2D eigenvalue weighted by Crippen LogP contribution is -2.68. The van der Waals surface area contributed by atoms with Crippen molar-refractivity contribution in [3.05, 3.63) is 109 Å². The third-order valence-corrected chi connectivity index (χ3v) is 11.0. The molecule has 0 radical (unpaired) electrons. The van der Waals surface area contributed by atoms with Crippen molar-refractivity contribution in [2.24, 2.45) is 0 Å². The highest BCUT2D eigenvalue weighted by atomic mass is 28.4. The van der Waals surface area contributed by atoms with Crippen LogP contribution < -0.4 is 10.4 Å². The maximum Gasteiger partial charge on any atom is 0.338 e. The second-order valence-electron chi connectivity index (χ2n) is 9.38. The highest BCUT2D eigenvalue weighted by Crippen LogP contribution is 2.38. The van der Waals surface area contributed by atoms with Gasteiger partial charge in [0.25, 0.3) is 8.32 Å². The van der Waals surface area contributed by atoms with Crippen LogP contribution in [0.1, 0.15) is 37.6 Å². The molecule has 34 heavy (non-hydrogen) atoms. The SMILES string of the molecule is C=CC[C@@H](O[Si](c1ccccc1)(c1ccccc1)C(C)(C)C)[C@@H](O)COC(=O)c1ccccc1. The zero-order chi connectivity index (χ0) is 24.6. The molecule has 5 heteroatoms. The number of carbonyl (C=O) groups is 1. The number of hydrogen-bond donors (Lipinski definition) is 1. The molecule has 3 aromatic carbocycles. The molecule has 2 atom stereocenters. The van der Waals surface area contributed by atoms with Crippen LogP contribution in [-0.2, 0) is 9.16 Å². The van der Waals surface area contributed by atoms with Gasteiger partial charge in [-0.3, -0.25) is 0 Å². The zero-order valence-electron chi connectivity index (χ0n) is 20.2. The molecule has 0 fully saturated rings. The fourth-order valence-electron chi connectivity index (χ4n) is 4.29. The number of aliphatic hydroxyl groups is 1. The average molecular weight is 475 g/mol. The monoisotopic (exact) mass is 474 g/mol. The van der Waals surface area contributed by atoms with E-state index in [1.54, 1.807) is 30.3 Å². The second-order valence-corrected chi connectivity index (χ2v) is 13.6. The van der Waals surface area contributed by atoms with Gasteiger partial charge in [-0.15, -0.1) is 6.58 Å². The molecule has 0 spiro atoms. The summed E-state index contributed by atoms with van der Waals surface area (Å²) in [5.41, 5.74) is 0.447. The molecule has 1 N–H and O–H groups in total. The van der Waals surface area contributed by atoms with E-state index < -0.39 is 26.5 Å². The van der Waals surface area contributed by atoms with Crippen LogP contribution in [0.5, 0.6) is 0 Å². The van der Waals surface area contributed by atoms with Gasteiger partial charge in [-0.25, -0.2) is 4.79 Å². The summed E-state index contributed by atoms with van der Waals surface area (Å²) in [6.07, 6.45) is 0.568. The van der Waals surface area contributed by atoms with E-state index in [4.69, 9.17) is 9.16 Å². The molecule has 3 aromatic rings. The van der Waals surface area contributed by atoms with E-state index in [2.05, 4.69) is 51.6 Å². The van der Waals surface area contributed by atoms with Gasteiger partial charge in [0, 0.05) is 0 Å². The molecular formula is C29H34O4Si. The number of esters is 1. The van der Waals surface area contributed by atoms with Crippen LogP contribution in [0.25, 0.3) is 0 Å². The number of benzene rings is 3. The average Bonchev–Trinajstić information content (AvgIpc) is 2.85. The van der Waals surface area contributed by atoms with Gasteiger partial charge in [0.1, 0.15) is 12.7 Å². The van der Waals surface area contributed by atoms with Crippen molar-refractivity contribution in [1.29, 1.82) is 0 Å². The Morgan fingerprint density at radius 2 is 1.38 bits per heavy atom. The maximum atomic E-state index is 12.4. The number of aliphatic hydroxyl groups excluding tert-OH is 1. The predicted molar refractivity (Wildman–Crippen MR) is 140 cm³/mol. The summed E-state index contributed by atoms with van der Waals surface area (Å²) in [5.74, 6) is -0.470. The highest BCUT2D eigenvalue weighted by molar-refractivity contribution is 6.99. The molecule has 0 bridgehead atoms. The van der Waals surface area contributed by atoms with Gasteiger partial charge < -0.3 is 14.3 Å². The lowest BCUT2D eigenvalue weighted by atomic mass is 10.1. The number of carbonyl (C=O) groups excluding carboxylic acids is 1. The molecule has 0 aromatic heterocycles. The smallest absolute Gasteiger partial charge is 0.338 e. The van der Waals surface area contributed by atoms with Crippen molar-refractivity contribution in [2.75, 3.05) is 6.61 Å². The first-order valence-electron chi connectivity index (χ1n) is 11.6. The Labute approximate surface area is 204 Å². The first-order chi connectivity index (χ1) is 16.3. The van der Waals surface area contributed by atoms with Crippen LogP contribution in [0.4, 0.5) is 0 Å². The van der Waals surface area contributed by atoms with E-state index in [1.807, 2.05) is 42.5 Å². The minimum atomic E-state index is -2.88. The van der Waals surface area contributed by atoms with E-state index in [0.717, 1.165) is 10.4 Å². The first kappa shape index (κ1) is 25.6. The van der Waals surface area contributed by atoms with Gasteiger partial charge in [-0.2, -0.15) is 0 Å². The van der Waals surface area contributed by atoms with Gasteiger partial charge in [0.15, 0.2) is 0 Å². The summed E-state index contributed by atoms with van der Waals surface area (Å²) >= 11 is 0. The summed E-state index contributed by atoms with van der Waals surface area (Å²) in [5, 5.41) is 13.1. The van der Waals surface area contributed by atoms with E-state index in [-0.39, 0.29) is 11.6 Å². The third kappa shape index (κ3) is 5.73. The van der Waals surface area contributed by atoms with E-state index in [9.17, 15) is 9.90 Å². The van der Waals surface area contributed by atoms with Crippen molar-refractivity contribution in [3.8, 4) is 0 Å². The minimum Gasteiger partial charge on any atom is -0.459 e. The van der Waals surface area contributed by atoms with Crippen molar-refractivity contribution in [3.63, 3.8) is 0 Å². The lowest BCUT2D eigenvalue weighted by molar-refractivity contribution is -0.0197. The third-order valence-electron chi connectivity index (χ3n) is 5.97. The largest absolute Gasteiger partial charge is 0.459 e. The zero-order valence-corrected chi connectivity index (χ0v) is 21.2. The Balaban J connectivity index is 1.95. The lowest BCUT2D eigenvalue weighted by Gasteiger charge is -2.45. The molecule has 0 aliphatic rings. The quantitative estimate of drug-likeness (QED) is 0.262. The Morgan fingerprint density at radius 1 is 0.912 bits per heavy atom. The van der Waals surface area contributed by atoms with Gasteiger partial charge in [0.2, 0.25) is 0 Å². The summed E-state index contributed by atoms with van der Waals surface area (Å²) < 4.78 is 12.5. The van der Waals surface area contributed by atoms with Crippen molar-refractivity contribution >= 4 is 24.7 Å². The number of rotatable bonds is 10. The summed E-state index contributed by atoms with van der Waals surface area (Å²) in [7, 11) is -2.88. The summed E-state index contributed by atoms with van der Waals surface area (Å²) in [6, 6.07) is 29.3. The van der Waals surface area contributed by atoms with Gasteiger partial charge in [-0.05, 0) is 34.0 Å². The second kappa shape index (κ2) is 11.4. The Kier molecular flexibility index (Phi) is 8.61. The van der Waals surface area contributed by atoms with Crippen LogP contribution >= 0.6 is 0 Å². The van der Waals surface area contributed by atoms with Gasteiger partial charge in [-0.1, -0.05) is 106 Å². The number of hydrogen-bond acceptors (Lipinski definition) is 4. The first-order valence-corrected chi connectivity index (χ1v) is 13.5. The maximum absolute atomic E-state index is 12.4. The molecule has 0 aliphatic carbocycles. The minimum absolute atomic E-state index is 0.162. The fraction of sp³-hybridized carbons (Fsp3) is 0.276. The predicted octanol–water partition coefficient (Wildman–Crippen LogP) is 4.73. The molecular weight excluding hydrogens is 440 g/mol. The Morgan fingerprint density at radius 3 is 1.82 bits per heavy atom. The molecule has 0 amide bonds. The van der Waals surface area contributed by atoms with Crippen LogP contribution in [0.2, 0.25) is 5.04 Å². The molecule has 0 saturated carbocycles. The standard InChI is InChI=1S/C29H34O4Si/c1-5-15-27(26(30)22-32-28(31)23-16-9-6-10-17-23)33-34(29(2,3)4,24-18-11-7-12-19-24)25-20-13-8-14-21-25/h5-14,16-21,26-27,30H,1,15,22H2,2-4H3/t26-,27+/m0/s1. The molecule has 0 heterocycles. The van der Waals surface area contributed by atoms with E-state index >= 15 is 0 Å². The molecule has 0 saturated heterocycles. The Hall–Kier alpha value is -2.99. The molecule has 0 unspecified atom stereocenters. The molecule has 3 rings (SSSR count). The van der Waals surface area contributed by atoms with E-state index in [0.29, 0.717) is 12.0 Å². The van der Waals surface area contributed by atoms with Crippen LogP contribution in [0.3, 0.4) is 0 Å². The normalized spacial score (nSPS) is 13.6. The topological polar surface area (TPSA) is 55.8 Å². The van der Waals surface area contributed by atoms with Gasteiger partial charge in [0.05, 0.1) is 11.7 Å². The molecule has 0 aliphatic heterocycles. The van der Waals surface area contributed by atoms with Crippen molar-refractivity contribution in [1.82, 2.24) is 0 Å². The Bertz CT molecular complexity index is 1010. The van der Waals surface area contributed by atoms with Crippen molar-refractivity contribution in [2.45, 2.75) is 44.4 Å². The van der Waals surface area contributed by atoms with Crippen LogP contribution in [-0.4, -0.2) is 38.2 Å². The number of ether oxygens (including phenoxy) is 1. The summed E-state index contributed by atoms with van der Waals surface area (Å²) in [4.78, 5) is 12.4. The highest BCUT2D eigenvalue weighted by Gasteiger charge is 2.52. The van der Waals surface area contributed by atoms with Gasteiger partial charge >= 0.3 is 5.97 Å². The summed E-state index contributed by atoms with van der Waals surface area (Å²) in [6.45, 7) is 10.3. The van der Waals surface area contributed by atoms with E-state index in [1.165, 1.54) is 0 Å². The molecule has 4 nitrogen and oxygen atoms in total.